The molecule has 0 aliphatic carbocycles. The Labute approximate surface area is 130 Å². The van der Waals surface area contributed by atoms with Crippen LogP contribution >= 0.6 is 27.5 Å². The molecule has 0 bridgehead atoms. The molecule has 8 heteroatoms. The molecule has 0 saturated carbocycles. The van der Waals surface area contributed by atoms with Gasteiger partial charge in [0.05, 0.1) is 10.7 Å². The minimum atomic E-state index is -3.65. The molecule has 0 amide bonds. The van der Waals surface area contributed by atoms with Crippen LogP contribution < -0.4 is 10.5 Å². The van der Waals surface area contributed by atoms with E-state index >= 15 is 0 Å². The van der Waals surface area contributed by atoms with Gasteiger partial charge in [0.15, 0.2) is 0 Å². The van der Waals surface area contributed by atoms with Crippen LogP contribution in [-0.2, 0) is 23.6 Å². The lowest BCUT2D eigenvalue weighted by molar-refractivity contribution is 0.601. The van der Waals surface area contributed by atoms with Gasteiger partial charge in [-0.1, -0.05) is 11.6 Å². The third-order valence-corrected chi connectivity index (χ3v) is 5.34. The lowest BCUT2D eigenvalue weighted by Gasteiger charge is -2.07. The maximum absolute atomic E-state index is 12.3. The Hall–Kier alpha value is -1.02. The highest BCUT2D eigenvalue weighted by Crippen LogP contribution is 2.27. The first-order valence-electron chi connectivity index (χ1n) is 5.66. The minimum Gasteiger partial charge on any atom is -0.352 e. The fraction of sp³-hybridized carbons (Fsp3) is 0.167. The SMILES string of the molecule is Cn1cc(S(=O)(=O)Nc2ccc(Cl)c(Br)c2)cc1CN. The van der Waals surface area contributed by atoms with Crippen molar-refractivity contribution in [3.05, 3.63) is 45.7 Å². The van der Waals surface area contributed by atoms with Crippen molar-refractivity contribution in [3.8, 4) is 0 Å². The van der Waals surface area contributed by atoms with Crippen molar-refractivity contribution >= 4 is 43.2 Å². The van der Waals surface area contributed by atoms with Gasteiger partial charge in [0.1, 0.15) is 4.90 Å². The lowest BCUT2D eigenvalue weighted by atomic mass is 10.3. The Kier molecular flexibility index (Phi) is 4.43. The summed E-state index contributed by atoms with van der Waals surface area (Å²) in [6.45, 7) is 0.276. The van der Waals surface area contributed by atoms with E-state index < -0.39 is 10.0 Å². The molecule has 108 valence electrons. The fourth-order valence-corrected chi connectivity index (χ4v) is 3.34. The molecule has 2 rings (SSSR count). The van der Waals surface area contributed by atoms with Crippen LogP contribution in [-0.4, -0.2) is 13.0 Å². The summed E-state index contributed by atoms with van der Waals surface area (Å²) in [7, 11) is -1.89. The van der Waals surface area contributed by atoms with E-state index in [-0.39, 0.29) is 11.4 Å². The normalized spacial score (nSPS) is 11.6. The summed E-state index contributed by atoms with van der Waals surface area (Å²) in [5.41, 5.74) is 6.71. The third kappa shape index (κ3) is 3.17. The first-order valence-corrected chi connectivity index (χ1v) is 8.32. The summed E-state index contributed by atoms with van der Waals surface area (Å²) in [6, 6.07) is 6.36. The van der Waals surface area contributed by atoms with E-state index in [2.05, 4.69) is 20.7 Å². The molecule has 0 aliphatic heterocycles. The van der Waals surface area contributed by atoms with E-state index in [1.54, 1.807) is 35.9 Å². The molecule has 2 aromatic rings. The third-order valence-electron chi connectivity index (χ3n) is 2.77. The van der Waals surface area contributed by atoms with Gasteiger partial charge in [-0.15, -0.1) is 0 Å². The van der Waals surface area contributed by atoms with Crippen LogP contribution in [0.1, 0.15) is 5.69 Å². The van der Waals surface area contributed by atoms with Crippen LogP contribution in [0.25, 0.3) is 0 Å². The monoisotopic (exact) mass is 377 g/mol. The predicted molar refractivity (Wildman–Crippen MR) is 83.3 cm³/mol. The second-order valence-electron chi connectivity index (χ2n) is 4.22. The highest BCUT2D eigenvalue weighted by Gasteiger charge is 2.17. The van der Waals surface area contributed by atoms with Gasteiger partial charge >= 0.3 is 0 Å². The van der Waals surface area contributed by atoms with Crippen LogP contribution in [0.15, 0.2) is 39.8 Å². The first-order chi connectivity index (χ1) is 9.33. The van der Waals surface area contributed by atoms with Crippen molar-refractivity contribution in [3.63, 3.8) is 0 Å². The standard InChI is InChI=1S/C12H13BrClN3O2S/c1-17-7-10(5-9(17)6-15)20(18,19)16-8-2-3-12(14)11(13)4-8/h2-5,7,16H,6,15H2,1H3. The smallest absolute Gasteiger partial charge is 0.263 e. The van der Waals surface area contributed by atoms with Crippen molar-refractivity contribution < 1.29 is 8.42 Å². The Morgan fingerprint density at radius 2 is 2.10 bits per heavy atom. The summed E-state index contributed by atoms with van der Waals surface area (Å²) < 4.78 is 29.3. The van der Waals surface area contributed by atoms with E-state index in [9.17, 15) is 8.42 Å². The maximum Gasteiger partial charge on any atom is 0.263 e. The predicted octanol–water partition coefficient (Wildman–Crippen LogP) is 2.70. The van der Waals surface area contributed by atoms with Gasteiger partial charge in [-0.05, 0) is 40.2 Å². The van der Waals surface area contributed by atoms with Gasteiger partial charge in [-0.25, -0.2) is 8.42 Å². The number of hydrogen-bond donors (Lipinski definition) is 2. The van der Waals surface area contributed by atoms with Crippen molar-refractivity contribution in [1.29, 1.82) is 0 Å². The summed E-state index contributed by atoms with van der Waals surface area (Å²) in [4.78, 5) is 0.173. The van der Waals surface area contributed by atoms with Crippen molar-refractivity contribution in [2.45, 2.75) is 11.4 Å². The summed E-state index contributed by atoms with van der Waals surface area (Å²) in [5.74, 6) is 0. The van der Waals surface area contributed by atoms with Gasteiger partial charge in [0, 0.05) is 30.0 Å². The Morgan fingerprint density at radius 3 is 2.65 bits per heavy atom. The summed E-state index contributed by atoms with van der Waals surface area (Å²) in [6.07, 6.45) is 1.52. The van der Waals surface area contributed by atoms with Gasteiger partial charge in [-0.2, -0.15) is 0 Å². The molecule has 0 saturated heterocycles. The number of rotatable bonds is 4. The van der Waals surface area contributed by atoms with E-state index in [1.807, 2.05) is 0 Å². The number of hydrogen-bond acceptors (Lipinski definition) is 3. The van der Waals surface area contributed by atoms with Crippen molar-refractivity contribution in [1.82, 2.24) is 4.57 Å². The quantitative estimate of drug-likeness (QED) is 0.858. The zero-order valence-electron chi connectivity index (χ0n) is 10.6. The van der Waals surface area contributed by atoms with Gasteiger partial charge < -0.3 is 10.3 Å². The van der Waals surface area contributed by atoms with E-state index in [0.717, 1.165) is 5.69 Å². The maximum atomic E-state index is 12.3. The molecule has 5 nitrogen and oxygen atoms in total. The molecule has 0 unspecified atom stereocenters. The van der Waals surface area contributed by atoms with Crippen LogP contribution in [0.4, 0.5) is 5.69 Å². The number of sulfonamides is 1. The molecular weight excluding hydrogens is 366 g/mol. The molecular formula is C12H13BrClN3O2S. The van der Waals surface area contributed by atoms with Crippen molar-refractivity contribution in [2.75, 3.05) is 4.72 Å². The van der Waals surface area contributed by atoms with Gasteiger partial charge in [-0.3, -0.25) is 4.72 Å². The topological polar surface area (TPSA) is 77.1 Å². The van der Waals surface area contributed by atoms with Crippen LogP contribution in [0.5, 0.6) is 0 Å². The molecule has 20 heavy (non-hydrogen) atoms. The molecule has 0 spiro atoms. The second kappa shape index (κ2) is 5.77. The molecule has 0 fully saturated rings. The Bertz CT molecular complexity index is 743. The Morgan fingerprint density at radius 1 is 1.40 bits per heavy atom. The number of aryl methyl sites for hydroxylation is 1. The van der Waals surface area contributed by atoms with E-state index in [1.165, 1.54) is 6.20 Å². The first kappa shape index (κ1) is 15.4. The molecule has 1 aromatic carbocycles. The number of benzene rings is 1. The average Bonchev–Trinajstić information content (AvgIpc) is 2.76. The average molecular weight is 379 g/mol. The minimum absolute atomic E-state index is 0.173. The molecule has 3 N–H and O–H groups in total. The van der Waals surface area contributed by atoms with E-state index in [4.69, 9.17) is 17.3 Å². The molecule has 1 aromatic heterocycles. The molecule has 0 atom stereocenters. The van der Waals surface area contributed by atoms with Crippen LogP contribution in [0.2, 0.25) is 5.02 Å². The highest BCUT2D eigenvalue weighted by atomic mass is 79.9. The highest BCUT2D eigenvalue weighted by molar-refractivity contribution is 9.10. The molecule has 0 radical (unpaired) electrons. The van der Waals surface area contributed by atoms with Crippen LogP contribution in [0, 0.1) is 0 Å². The number of nitrogens with one attached hydrogen (secondary N) is 1. The van der Waals surface area contributed by atoms with Crippen LogP contribution in [0.3, 0.4) is 0 Å². The molecule has 0 aliphatic rings. The second-order valence-corrected chi connectivity index (χ2v) is 7.16. The number of nitrogens with zero attached hydrogens (tertiary/aromatic N) is 1. The number of anilines is 1. The van der Waals surface area contributed by atoms with Gasteiger partial charge in [0.2, 0.25) is 0 Å². The number of nitrogens with two attached hydrogens (primary N) is 1. The lowest BCUT2D eigenvalue weighted by Crippen LogP contribution is -2.12. The number of halogens is 2. The summed E-state index contributed by atoms with van der Waals surface area (Å²) >= 11 is 9.12. The summed E-state index contributed by atoms with van der Waals surface area (Å²) in [5, 5.41) is 0.512. The zero-order valence-corrected chi connectivity index (χ0v) is 13.8. The van der Waals surface area contributed by atoms with E-state index in [0.29, 0.717) is 15.2 Å². The fourth-order valence-electron chi connectivity index (χ4n) is 1.70. The number of aromatic nitrogens is 1. The largest absolute Gasteiger partial charge is 0.352 e. The van der Waals surface area contributed by atoms with Gasteiger partial charge in [0.25, 0.3) is 10.0 Å². The molecule has 1 heterocycles. The zero-order chi connectivity index (χ0) is 14.9. The van der Waals surface area contributed by atoms with Crippen molar-refractivity contribution in [2.24, 2.45) is 12.8 Å². The Balaban J connectivity index is 2.32.